The van der Waals surface area contributed by atoms with Crippen LogP contribution in [0.3, 0.4) is 0 Å². The zero-order chi connectivity index (χ0) is 21.9. The Morgan fingerprint density at radius 3 is 2.40 bits per heavy atom. The van der Waals surface area contributed by atoms with Crippen molar-refractivity contribution in [3.05, 3.63) is 46.2 Å². The van der Waals surface area contributed by atoms with E-state index in [-0.39, 0.29) is 5.75 Å². The molecular formula is C19H22O9S2. The summed E-state index contributed by atoms with van der Waals surface area (Å²) in [5.74, 6) is 0.593. The largest absolute Gasteiger partial charge is 0.460 e. The van der Waals surface area contributed by atoms with Gasteiger partial charge in [-0.3, -0.25) is 0 Å². The summed E-state index contributed by atoms with van der Waals surface area (Å²) in [5, 5.41) is 40.9. The molecule has 5 unspecified atom stereocenters. The van der Waals surface area contributed by atoms with Crippen molar-refractivity contribution in [2.75, 3.05) is 12.9 Å². The van der Waals surface area contributed by atoms with Crippen LogP contribution in [0.5, 0.6) is 11.5 Å². The molecule has 0 amide bonds. The molecule has 0 aliphatic carbocycles. The quantitative estimate of drug-likeness (QED) is 0.435. The van der Waals surface area contributed by atoms with Crippen LogP contribution < -0.4 is 8.92 Å². The average molecular weight is 459 g/mol. The van der Waals surface area contributed by atoms with Gasteiger partial charge in [-0.15, -0.1) is 11.3 Å². The molecule has 0 spiro atoms. The van der Waals surface area contributed by atoms with Crippen LogP contribution in [0.1, 0.15) is 10.4 Å². The number of thiophene rings is 1. The Bertz CT molecular complexity index is 966. The fourth-order valence-electron chi connectivity index (χ4n) is 2.80. The van der Waals surface area contributed by atoms with Crippen molar-refractivity contribution in [3.8, 4) is 11.5 Å². The number of rotatable bonds is 7. The number of benzene rings is 1. The van der Waals surface area contributed by atoms with E-state index in [1.807, 2.05) is 0 Å². The smallest absolute Gasteiger partial charge is 0.306 e. The molecule has 1 saturated heterocycles. The van der Waals surface area contributed by atoms with E-state index in [0.717, 1.165) is 11.8 Å². The molecule has 1 aliphatic rings. The minimum absolute atomic E-state index is 0.206. The molecule has 2 aromatic rings. The molecule has 2 heterocycles. The Balaban J connectivity index is 1.69. The van der Waals surface area contributed by atoms with Crippen LogP contribution in [0.25, 0.3) is 12.2 Å². The molecule has 11 heteroatoms. The summed E-state index contributed by atoms with van der Waals surface area (Å²) in [5.41, 5.74) is 0.781. The Morgan fingerprint density at radius 2 is 1.77 bits per heavy atom. The van der Waals surface area contributed by atoms with Gasteiger partial charge in [0.2, 0.25) is 6.29 Å². The van der Waals surface area contributed by atoms with E-state index in [1.165, 1.54) is 23.5 Å². The fraction of sp³-hybridized carbons (Fsp3) is 0.368. The predicted octanol–water partition coefficient (Wildman–Crippen LogP) is 0.436. The van der Waals surface area contributed by atoms with Crippen LogP contribution in [0.15, 0.2) is 35.7 Å². The first-order valence-electron chi connectivity index (χ1n) is 8.90. The van der Waals surface area contributed by atoms with Gasteiger partial charge in [-0.1, -0.05) is 18.2 Å². The van der Waals surface area contributed by atoms with Crippen molar-refractivity contribution in [2.45, 2.75) is 30.7 Å². The highest BCUT2D eigenvalue weighted by atomic mass is 32.2. The molecule has 30 heavy (non-hydrogen) atoms. The van der Waals surface area contributed by atoms with Gasteiger partial charge in [-0.2, -0.15) is 8.42 Å². The van der Waals surface area contributed by atoms with Crippen molar-refractivity contribution < 1.29 is 42.5 Å². The average Bonchev–Trinajstić information content (AvgIpc) is 3.13. The Kier molecular flexibility index (Phi) is 7.14. The van der Waals surface area contributed by atoms with E-state index in [9.17, 15) is 28.8 Å². The van der Waals surface area contributed by atoms with Crippen molar-refractivity contribution in [1.29, 1.82) is 0 Å². The van der Waals surface area contributed by atoms with Crippen molar-refractivity contribution >= 4 is 33.6 Å². The van der Waals surface area contributed by atoms with E-state index >= 15 is 0 Å². The van der Waals surface area contributed by atoms with Gasteiger partial charge in [-0.25, -0.2) is 0 Å². The van der Waals surface area contributed by atoms with Crippen molar-refractivity contribution in [2.24, 2.45) is 0 Å². The lowest BCUT2D eigenvalue weighted by Gasteiger charge is -2.39. The summed E-state index contributed by atoms with van der Waals surface area (Å²) < 4.78 is 38.1. The minimum Gasteiger partial charge on any atom is -0.460 e. The molecule has 0 saturated carbocycles. The number of hydrogen-bond acceptors (Lipinski definition) is 10. The van der Waals surface area contributed by atoms with Crippen molar-refractivity contribution in [1.82, 2.24) is 0 Å². The van der Waals surface area contributed by atoms with E-state index < -0.39 is 47.4 Å². The Morgan fingerprint density at radius 1 is 1.07 bits per heavy atom. The summed E-state index contributed by atoms with van der Waals surface area (Å²) in [6.45, 7) is -0.541. The number of ether oxygens (including phenoxy) is 2. The second-order valence-electron chi connectivity index (χ2n) is 6.65. The van der Waals surface area contributed by atoms with Gasteiger partial charge in [0.05, 0.1) is 17.7 Å². The molecule has 0 bridgehead atoms. The SMILES string of the molecule is CS(=O)(=O)Oc1ccc(C=Cc2sccc2OC2OC(CO)C(O)C(O)C2O)cc1. The highest BCUT2D eigenvalue weighted by Gasteiger charge is 2.44. The highest BCUT2D eigenvalue weighted by Crippen LogP contribution is 2.31. The van der Waals surface area contributed by atoms with E-state index in [4.69, 9.17) is 13.7 Å². The molecular weight excluding hydrogens is 436 g/mol. The summed E-state index contributed by atoms with van der Waals surface area (Å²) in [6.07, 6.45) is -2.30. The lowest BCUT2D eigenvalue weighted by Crippen LogP contribution is -2.60. The molecule has 5 atom stereocenters. The molecule has 1 fully saturated rings. The van der Waals surface area contributed by atoms with Crippen LogP contribution in [-0.4, -0.2) is 72.4 Å². The maximum absolute atomic E-state index is 11.1. The molecule has 4 N–H and O–H groups in total. The van der Waals surface area contributed by atoms with Crippen LogP contribution in [0.4, 0.5) is 0 Å². The van der Waals surface area contributed by atoms with E-state index in [0.29, 0.717) is 10.6 Å². The normalized spacial score (nSPS) is 27.3. The van der Waals surface area contributed by atoms with Crippen LogP contribution in [-0.2, 0) is 14.9 Å². The third kappa shape index (κ3) is 5.58. The highest BCUT2D eigenvalue weighted by molar-refractivity contribution is 7.86. The fourth-order valence-corrected chi connectivity index (χ4v) is 3.98. The maximum atomic E-state index is 11.1. The predicted molar refractivity (Wildman–Crippen MR) is 110 cm³/mol. The molecule has 3 rings (SSSR count). The summed E-state index contributed by atoms with van der Waals surface area (Å²) in [7, 11) is -3.59. The van der Waals surface area contributed by atoms with Gasteiger partial charge in [0, 0.05) is 0 Å². The monoisotopic (exact) mass is 458 g/mol. The van der Waals surface area contributed by atoms with Crippen LogP contribution in [0, 0.1) is 0 Å². The maximum Gasteiger partial charge on any atom is 0.306 e. The van der Waals surface area contributed by atoms with E-state index in [2.05, 4.69) is 0 Å². The molecule has 1 aliphatic heterocycles. The lowest BCUT2D eigenvalue weighted by molar-refractivity contribution is -0.277. The summed E-state index contributed by atoms with van der Waals surface area (Å²) in [4.78, 5) is 0.698. The van der Waals surface area contributed by atoms with Gasteiger partial charge in [0.15, 0.2) is 0 Å². The molecule has 1 aromatic carbocycles. The zero-order valence-electron chi connectivity index (χ0n) is 15.9. The van der Waals surface area contributed by atoms with Crippen LogP contribution in [0.2, 0.25) is 0 Å². The summed E-state index contributed by atoms with van der Waals surface area (Å²) >= 11 is 1.36. The van der Waals surface area contributed by atoms with Gasteiger partial charge >= 0.3 is 10.1 Å². The number of aliphatic hydroxyl groups excluding tert-OH is 4. The Labute approximate surface area is 177 Å². The topological polar surface area (TPSA) is 143 Å². The summed E-state index contributed by atoms with van der Waals surface area (Å²) in [6, 6.07) is 8.08. The second kappa shape index (κ2) is 9.43. The first-order chi connectivity index (χ1) is 14.2. The molecule has 9 nitrogen and oxygen atoms in total. The second-order valence-corrected chi connectivity index (χ2v) is 9.18. The standard InChI is InChI=1S/C19H22O9S2/c1-30(24,25)28-12-5-2-11(3-6-12)4-7-15-13(8-9-29-15)26-19-18(23)17(22)16(21)14(10-20)27-19/h2-9,14,16-23H,10H2,1H3. The minimum atomic E-state index is -3.59. The van der Waals surface area contributed by atoms with Gasteiger partial charge < -0.3 is 34.1 Å². The Hall–Kier alpha value is -1.99. The zero-order valence-corrected chi connectivity index (χ0v) is 17.5. The lowest BCUT2D eigenvalue weighted by atomic mass is 9.99. The van der Waals surface area contributed by atoms with Crippen LogP contribution >= 0.6 is 11.3 Å². The molecule has 164 valence electrons. The third-order valence-corrected chi connectivity index (χ3v) is 5.66. The first-order valence-corrected chi connectivity index (χ1v) is 11.6. The molecule has 0 radical (unpaired) electrons. The van der Waals surface area contributed by atoms with Gasteiger partial charge in [0.25, 0.3) is 0 Å². The van der Waals surface area contributed by atoms with Gasteiger partial charge in [-0.05, 0) is 35.2 Å². The molecule has 1 aromatic heterocycles. The van der Waals surface area contributed by atoms with Crippen molar-refractivity contribution in [3.63, 3.8) is 0 Å². The third-order valence-electron chi connectivity index (χ3n) is 4.30. The number of aliphatic hydroxyl groups is 4. The van der Waals surface area contributed by atoms with E-state index in [1.54, 1.807) is 35.7 Å². The number of hydrogen-bond donors (Lipinski definition) is 4. The van der Waals surface area contributed by atoms with Gasteiger partial charge in [0.1, 0.15) is 35.9 Å². The first kappa shape index (κ1) is 22.7.